The van der Waals surface area contributed by atoms with Gasteiger partial charge in [-0.1, -0.05) is 24.3 Å². The van der Waals surface area contributed by atoms with E-state index in [9.17, 15) is 22.8 Å². The summed E-state index contributed by atoms with van der Waals surface area (Å²) in [6.07, 6.45) is -2.68. The van der Waals surface area contributed by atoms with Crippen molar-refractivity contribution in [2.45, 2.75) is 12.6 Å². The number of fused-ring (bicyclic) bond motifs is 1. The van der Waals surface area contributed by atoms with E-state index in [-0.39, 0.29) is 24.6 Å². The lowest BCUT2D eigenvalue weighted by Gasteiger charge is -2.10. The minimum Gasteiger partial charge on any atom is -0.361 e. The summed E-state index contributed by atoms with van der Waals surface area (Å²) in [5, 5.41) is 5.72. The van der Waals surface area contributed by atoms with Crippen molar-refractivity contribution in [3.8, 4) is 0 Å². The number of amides is 2. The predicted octanol–water partition coefficient (Wildman–Crippen LogP) is 3.48. The van der Waals surface area contributed by atoms with Crippen LogP contribution < -0.4 is 10.6 Å². The minimum atomic E-state index is -4.49. The van der Waals surface area contributed by atoms with Crippen LogP contribution in [0.25, 0.3) is 10.9 Å². The summed E-state index contributed by atoms with van der Waals surface area (Å²) in [6.45, 7) is -0.336. The summed E-state index contributed by atoms with van der Waals surface area (Å²) in [7, 11) is 0. The highest BCUT2D eigenvalue weighted by molar-refractivity contribution is 5.95. The molecule has 3 aromatic rings. The number of halogens is 3. The first-order valence-electron chi connectivity index (χ1n) is 8.12. The molecule has 0 aliphatic heterocycles. The third kappa shape index (κ3) is 4.66. The lowest BCUT2D eigenvalue weighted by molar-refractivity contribution is -0.137. The van der Waals surface area contributed by atoms with E-state index in [1.807, 2.05) is 24.3 Å². The predicted molar refractivity (Wildman–Crippen MR) is 95.1 cm³/mol. The second-order valence-corrected chi connectivity index (χ2v) is 5.94. The highest BCUT2D eigenvalue weighted by atomic mass is 19.4. The van der Waals surface area contributed by atoms with Gasteiger partial charge < -0.3 is 15.6 Å². The summed E-state index contributed by atoms with van der Waals surface area (Å²) < 4.78 is 38.0. The standard InChI is InChI=1S/C19H16F3N3O2/c20-19(21,22)13-4-3-5-14(9-13)25-18(27)11-24-17(26)8-12-10-23-16-7-2-1-6-15(12)16/h1-7,9-10,23H,8,11H2,(H,24,26)(H,25,27). The molecule has 0 unspecified atom stereocenters. The Bertz CT molecular complexity index is 979. The Morgan fingerprint density at radius 3 is 2.56 bits per heavy atom. The topological polar surface area (TPSA) is 74.0 Å². The zero-order chi connectivity index (χ0) is 19.4. The Balaban J connectivity index is 1.54. The number of para-hydroxylation sites is 1. The lowest BCUT2D eigenvalue weighted by atomic mass is 10.1. The molecule has 2 amide bonds. The zero-order valence-electron chi connectivity index (χ0n) is 14.1. The lowest BCUT2D eigenvalue weighted by Crippen LogP contribution is -2.33. The third-order valence-corrected chi connectivity index (χ3v) is 3.95. The van der Waals surface area contributed by atoms with Crippen molar-refractivity contribution in [1.29, 1.82) is 0 Å². The van der Waals surface area contributed by atoms with E-state index >= 15 is 0 Å². The number of alkyl halides is 3. The highest BCUT2D eigenvalue weighted by Crippen LogP contribution is 2.30. The fourth-order valence-corrected chi connectivity index (χ4v) is 2.67. The first-order chi connectivity index (χ1) is 12.8. The van der Waals surface area contributed by atoms with Gasteiger partial charge in [-0.15, -0.1) is 0 Å². The molecule has 0 aliphatic carbocycles. The van der Waals surface area contributed by atoms with E-state index in [1.54, 1.807) is 6.20 Å². The Labute approximate surface area is 152 Å². The number of carbonyl (C=O) groups excluding carboxylic acids is 2. The van der Waals surface area contributed by atoms with Crippen LogP contribution in [-0.4, -0.2) is 23.3 Å². The van der Waals surface area contributed by atoms with Crippen molar-refractivity contribution in [2.24, 2.45) is 0 Å². The maximum absolute atomic E-state index is 12.7. The van der Waals surface area contributed by atoms with E-state index in [4.69, 9.17) is 0 Å². The number of nitrogens with one attached hydrogen (secondary N) is 3. The van der Waals surface area contributed by atoms with Gasteiger partial charge in [-0.25, -0.2) is 0 Å². The van der Waals surface area contributed by atoms with Crippen molar-refractivity contribution in [3.63, 3.8) is 0 Å². The van der Waals surface area contributed by atoms with Gasteiger partial charge in [-0.2, -0.15) is 13.2 Å². The zero-order valence-corrected chi connectivity index (χ0v) is 14.1. The van der Waals surface area contributed by atoms with Crippen LogP contribution in [0.5, 0.6) is 0 Å². The molecule has 8 heteroatoms. The number of rotatable bonds is 5. The number of carbonyl (C=O) groups is 2. The van der Waals surface area contributed by atoms with Gasteiger partial charge in [-0.3, -0.25) is 9.59 Å². The molecular weight excluding hydrogens is 359 g/mol. The molecule has 1 heterocycles. The van der Waals surface area contributed by atoms with E-state index in [2.05, 4.69) is 15.6 Å². The molecule has 2 aromatic carbocycles. The van der Waals surface area contributed by atoms with E-state index in [0.717, 1.165) is 28.6 Å². The SMILES string of the molecule is O=C(Cc1c[nH]c2ccccc12)NCC(=O)Nc1cccc(C(F)(F)F)c1. The molecule has 0 fully saturated rings. The summed E-state index contributed by atoms with van der Waals surface area (Å²) >= 11 is 0. The molecule has 0 atom stereocenters. The van der Waals surface area contributed by atoms with E-state index in [1.165, 1.54) is 12.1 Å². The fraction of sp³-hybridized carbons (Fsp3) is 0.158. The fourth-order valence-electron chi connectivity index (χ4n) is 2.67. The largest absolute Gasteiger partial charge is 0.416 e. The quantitative estimate of drug-likeness (QED) is 0.639. The second-order valence-electron chi connectivity index (χ2n) is 5.94. The molecule has 0 spiro atoms. The van der Waals surface area contributed by atoms with Gasteiger partial charge in [0.2, 0.25) is 11.8 Å². The van der Waals surface area contributed by atoms with E-state index < -0.39 is 17.6 Å². The van der Waals surface area contributed by atoms with Crippen molar-refractivity contribution < 1.29 is 22.8 Å². The van der Waals surface area contributed by atoms with Gasteiger partial charge in [0, 0.05) is 22.8 Å². The summed E-state index contributed by atoms with van der Waals surface area (Å²) in [5.74, 6) is -0.972. The number of benzene rings is 2. The number of aromatic nitrogens is 1. The maximum atomic E-state index is 12.7. The Morgan fingerprint density at radius 1 is 1.00 bits per heavy atom. The number of anilines is 1. The van der Waals surface area contributed by atoms with Crippen LogP contribution in [0.1, 0.15) is 11.1 Å². The van der Waals surface area contributed by atoms with Crippen molar-refractivity contribution in [2.75, 3.05) is 11.9 Å². The van der Waals surface area contributed by atoms with Crippen LogP contribution in [0, 0.1) is 0 Å². The first kappa shape index (κ1) is 18.5. The molecule has 3 N–H and O–H groups in total. The summed E-state index contributed by atoms with van der Waals surface area (Å²) in [5.41, 5.74) is 0.855. The normalized spacial score (nSPS) is 11.4. The van der Waals surface area contributed by atoms with Gasteiger partial charge in [0.1, 0.15) is 0 Å². The molecule has 140 valence electrons. The highest BCUT2D eigenvalue weighted by Gasteiger charge is 2.30. The monoisotopic (exact) mass is 375 g/mol. The summed E-state index contributed by atoms with van der Waals surface area (Å²) in [6, 6.07) is 11.8. The van der Waals surface area contributed by atoms with Gasteiger partial charge >= 0.3 is 6.18 Å². The summed E-state index contributed by atoms with van der Waals surface area (Å²) in [4.78, 5) is 27.0. The molecule has 3 rings (SSSR count). The minimum absolute atomic E-state index is 0.0145. The van der Waals surface area contributed by atoms with Crippen LogP contribution in [-0.2, 0) is 22.2 Å². The van der Waals surface area contributed by atoms with Crippen LogP contribution in [0.2, 0.25) is 0 Å². The average Bonchev–Trinajstić information content (AvgIpc) is 3.03. The number of H-pyrrole nitrogens is 1. The van der Waals surface area contributed by atoms with Crippen LogP contribution in [0.4, 0.5) is 18.9 Å². The first-order valence-corrected chi connectivity index (χ1v) is 8.12. The molecule has 27 heavy (non-hydrogen) atoms. The Morgan fingerprint density at radius 2 is 1.78 bits per heavy atom. The van der Waals surface area contributed by atoms with Gasteiger partial charge in [0.15, 0.2) is 0 Å². The molecule has 1 aromatic heterocycles. The molecule has 0 saturated heterocycles. The molecule has 0 saturated carbocycles. The number of hydrogen-bond donors (Lipinski definition) is 3. The molecular formula is C19H16F3N3O2. The Hall–Kier alpha value is -3.29. The van der Waals surface area contributed by atoms with Crippen LogP contribution in [0.3, 0.4) is 0 Å². The van der Waals surface area contributed by atoms with Crippen molar-refractivity contribution in [3.05, 3.63) is 65.9 Å². The van der Waals surface area contributed by atoms with Crippen LogP contribution >= 0.6 is 0 Å². The average molecular weight is 375 g/mol. The Kier molecular flexibility index (Phi) is 5.16. The molecule has 0 radical (unpaired) electrons. The molecule has 0 bridgehead atoms. The van der Waals surface area contributed by atoms with Crippen LogP contribution in [0.15, 0.2) is 54.7 Å². The molecule has 5 nitrogen and oxygen atoms in total. The van der Waals surface area contributed by atoms with Gasteiger partial charge in [0.05, 0.1) is 18.5 Å². The smallest absolute Gasteiger partial charge is 0.361 e. The maximum Gasteiger partial charge on any atom is 0.416 e. The number of aromatic amines is 1. The number of hydrogen-bond acceptors (Lipinski definition) is 2. The van der Waals surface area contributed by atoms with Crippen molar-refractivity contribution >= 4 is 28.4 Å². The van der Waals surface area contributed by atoms with Gasteiger partial charge in [-0.05, 0) is 29.8 Å². The van der Waals surface area contributed by atoms with Crippen molar-refractivity contribution in [1.82, 2.24) is 10.3 Å². The molecule has 0 aliphatic rings. The third-order valence-electron chi connectivity index (χ3n) is 3.95. The van der Waals surface area contributed by atoms with Gasteiger partial charge in [0.25, 0.3) is 0 Å². The second kappa shape index (κ2) is 7.53. The van der Waals surface area contributed by atoms with E-state index in [0.29, 0.717) is 0 Å².